The molecule has 2 atom stereocenters. The van der Waals surface area contributed by atoms with Gasteiger partial charge in [0.05, 0.1) is 20.5 Å². The topological polar surface area (TPSA) is 67.0 Å². The fourth-order valence-electron chi connectivity index (χ4n) is 5.09. The lowest BCUT2D eigenvalue weighted by Gasteiger charge is -2.34. The number of halogens is 2. The zero-order valence-electron chi connectivity index (χ0n) is 18.0. The summed E-state index contributed by atoms with van der Waals surface area (Å²) in [6.45, 7) is 6.96. The zero-order chi connectivity index (χ0) is 22.7. The summed E-state index contributed by atoms with van der Waals surface area (Å²) in [5.74, 6) is 1.52. The first-order chi connectivity index (χ1) is 15.2. The van der Waals surface area contributed by atoms with Crippen molar-refractivity contribution < 1.29 is 9.21 Å². The molecular weight excluding hydrogens is 465 g/mol. The van der Waals surface area contributed by atoms with Crippen LogP contribution in [0.2, 0.25) is 10.0 Å². The molecule has 1 aromatic carbocycles. The van der Waals surface area contributed by atoms with Crippen molar-refractivity contribution in [3.05, 3.63) is 51.0 Å². The average Bonchev–Trinajstić information content (AvgIpc) is 3.43. The van der Waals surface area contributed by atoms with Gasteiger partial charge in [-0.05, 0) is 66.6 Å². The van der Waals surface area contributed by atoms with Crippen molar-refractivity contribution in [2.24, 2.45) is 27.0 Å². The van der Waals surface area contributed by atoms with Gasteiger partial charge in [0.15, 0.2) is 5.17 Å². The molecule has 1 aliphatic heterocycles. The van der Waals surface area contributed by atoms with Crippen molar-refractivity contribution in [3.63, 3.8) is 0 Å². The quantitative estimate of drug-likeness (QED) is 0.373. The fraction of sp³-hybridized carbons (Fsp3) is 0.375. The Morgan fingerprint density at radius 1 is 1.16 bits per heavy atom. The fourth-order valence-corrected chi connectivity index (χ4v) is 6.42. The Hall–Kier alpha value is -2.02. The SMILES string of the molecule is CC12CCC(CC1=N/N=C1\NC(=O)C(=Cc3ccc(-c4c(Cl)cccc4Cl)o3)S1)C2(C)C. The predicted molar refractivity (Wildman–Crippen MR) is 132 cm³/mol. The first-order valence-electron chi connectivity index (χ1n) is 10.6. The summed E-state index contributed by atoms with van der Waals surface area (Å²) in [6, 6.07) is 8.86. The highest BCUT2D eigenvalue weighted by molar-refractivity contribution is 8.18. The lowest BCUT2D eigenvalue weighted by molar-refractivity contribution is -0.115. The Labute approximate surface area is 201 Å². The third-order valence-electron chi connectivity index (χ3n) is 7.53. The van der Waals surface area contributed by atoms with Crippen molar-refractivity contribution in [3.8, 4) is 11.3 Å². The molecule has 1 amide bonds. The molecule has 1 aromatic heterocycles. The number of amidine groups is 1. The summed E-state index contributed by atoms with van der Waals surface area (Å²) in [5.41, 5.74) is 2.10. The van der Waals surface area contributed by atoms with E-state index in [1.807, 2.05) is 0 Å². The summed E-state index contributed by atoms with van der Waals surface area (Å²) in [7, 11) is 0. The molecule has 2 bridgehead atoms. The van der Waals surface area contributed by atoms with Gasteiger partial charge in [0, 0.05) is 17.2 Å². The van der Waals surface area contributed by atoms with Crippen molar-refractivity contribution in [2.75, 3.05) is 0 Å². The van der Waals surface area contributed by atoms with Crippen LogP contribution in [0.1, 0.15) is 45.8 Å². The van der Waals surface area contributed by atoms with E-state index in [-0.39, 0.29) is 16.7 Å². The molecule has 5 nitrogen and oxygen atoms in total. The van der Waals surface area contributed by atoms with Gasteiger partial charge in [0.1, 0.15) is 11.5 Å². The molecular formula is C24H23Cl2N3O2S. The standard InChI is InChI=1S/C24H23Cl2N3O2S/c1-23(2)13-9-10-24(23,3)19(11-13)28-29-22-27-21(30)18(32-22)12-14-7-8-17(31-14)20-15(25)5-4-6-16(20)26/h4-8,12-13H,9-11H2,1-3H3,(H,27,29,30). The minimum atomic E-state index is -0.220. The van der Waals surface area contributed by atoms with Crippen LogP contribution in [-0.4, -0.2) is 16.8 Å². The van der Waals surface area contributed by atoms with Crippen LogP contribution in [0.4, 0.5) is 0 Å². The zero-order valence-corrected chi connectivity index (χ0v) is 20.4. The Morgan fingerprint density at radius 3 is 2.56 bits per heavy atom. The minimum Gasteiger partial charge on any atom is -0.457 e. The number of nitrogens with zero attached hydrogens (tertiary/aromatic N) is 2. The second-order valence-corrected chi connectivity index (χ2v) is 11.2. The number of hydrogen-bond donors (Lipinski definition) is 1. The van der Waals surface area contributed by atoms with Gasteiger partial charge in [-0.25, -0.2) is 0 Å². The molecule has 2 aliphatic carbocycles. The molecule has 32 heavy (non-hydrogen) atoms. The van der Waals surface area contributed by atoms with Crippen LogP contribution in [0, 0.1) is 16.7 Å². The molecule has 0 spiro atoms. The normalized spacial score (nSPS) is 30.1. The maximum absolute atomic E-state index is 12.5. The number of hydrogen-bond acceptors (Lipinski definition) is 5. The Kier molecular flexibility index (Phi) is 5.31. The van der Waals surface area contributed by atoms with E-state index in [0.29, 0.717) is 43.1 Å². The molecule has 1 saturated heterocycles. The molecule has 2 saturated carbocycles. The van der Waals surface area contributed by atoms with E-state index in [9.17, 15) is 4.79 Å². The largest absolute Gasteiger partial charge is 0.457 e. The Balaban J connectivity index is 1.36. The van der Waals surface area contributed by atoms with E-state index in [1.165, 1.54) is 18.2 Å². The van der Waals surface area contributed by atoms with Crippen LogP contribution < -0.4 is 5.32 Å². The molecule has 2 aromatic rings. The lowest BCUT2D eigenvalue weighted by Crippen LogP contribution is -2.32. The minimum absolute atomic E-state index is 0.0816. The van der Waals surface area contributed by atoms with Crippen molar-refractivity contribution in [1.29, 1.82) is 0 Å². The van der Waals surface area contributed by atoms with Gasteiger partial charge in [-0.15, -0.1) is 5.10 Å². The number of nitrogens with one attached hydrogen (secondary N) is 1. The van der Waals surface area contributed by atoms with Crippen LogP contribution in [-0.2, 0) is 4.79 Å². The molecule has 3 aliphatic rings. The Bertz CT molecular complexity index is 1190. The smallest absolute Gasteiger partial charge is 0.264 e. The third kappa shape index (κ3) is 3.44. The summed E-state index contributed by atoms with van der Waals surface area (Å²) < 4.78 is 5.88. The van der Waals surface area contributed by atoms with E-state index >= 15 is 0 Å². The van der Waals surface area contributed by atoms with Gasteiger partial charge in [-0.2, -0.15) is 5.10 Å². The van der Waals surface area contributed by atoms with Gasteiger partial charge in [-0.3, -0.25) is 10.1 Å². The molecule has 5 rings (SSSR count). The van der Waals surface area contributed by atoms with E-state index in [4.69, 9.17) is 27.6 Å². The number of furan rings is 1. The number of benzene rings is 1. The molecule has 2 unspecified atom stereocenters. The van der Waals surface area contributed by atoms with Gasteiger partial charge in [0.25, 0.3) is 5.91 Å². The number of amides is 1. The summed E-state index contributed by atoms with van der Waals surface area (Å²) in [5, 5.41) is 13.3. The number of carbonyl (C=O) groups excluding carboxylic acids is 1. The van der Waals surface area contributed by atoms with Gasteiger partial charge in [-0.1, -0.05) is 50.0 Å². The van der Waals surface area contributed by atoms with Crippen molar-refractivity contribution in [2.45, 2.75) is 40.0 Å². The summed E-state index contributed by atoms with van der Waals surface area (Å²) >= 11 is 13.8. The second kappa shape index (κ2) is 7.79. The number of thioether (sulfide) groups is 1. The first kappa shape index (κ1) is 21.8. The Morgan fingerprint density at radius 2 is 1.91 bits per heavy atom. The van der Waals surface area contributed by atoms with Crippen LogP contribution in [0.15, 0.2) is 49.9 Å². The van der Waals surface area contributed by atoms with E-state index < -0.39 is 0 Å². The predicted octanol–water partition coefficient (Wildman–Crippen LogP) is 7.02. The number of carbonyl (C=O) groups is 1. The molecule has 2 heterocycles. The van der Waals surface area contributed by atoms with Crippen LogP contribution in [0.3, 0.4) is 0 Å². The molecule has 3 fully saturated rings. The molecule has 0 radical (unpaired) electrons. The van der Waals surface area contributed by atoms with Crippen LogP contribution >= 0.6 is 35.0 Å². The average molecular weight is 488 g/mol. The summed E-state index contributed by atoms with van der Waals surface area (Å²) in [6.07, 6.45) is 5.07. The number of rotatable bonds is 3. The van der Waals surface area contributed by atoms with E-state index in [2.05, 4.69) is 36.3 Å². The first-order valence-corrected chi connectivity index (χ1v) is 12.2. The highest BCUT2D eigenvalue weighted by atomic mass is 35.5. The highest BCUT2D eigenvalue weighted by Crippen LogP contribution is 2.64. The second-order valence-electron chi connectivity index (χ2n) is 9.31. The van der Waals surface area contributed by atoms with Crippen LogP contribution in [0.25, 0.3) is 17.4 Å². The molecule has 1 N–H and O–H groups in total. The van der Waals surface area contributed by atoms with Crippen molar-refractivity contribution in [1.82, 2.24) is 5.32 Å². The number of fused-ring (bicyclic) bond motifs is 2. The maximum atomic E-state index is 12.5. The van der Waals surface area contributed by atoms with Gasteiger partial charge in [0.2, 0.25) is 0 Å². The van der Waals surface area contributed by atoms with E-state index in [1.54, 1.807) is 36.4 Å². The maximum Gasteiger partial charge on any atom is 0.264 e. The van der Waals surface area contributed by atoms with Crippen molar-refractivity contribution >= 4 is 57.8 Å². The highest BCUT2D eigenvalue weighted by Gasteiger charge is 2.60. The van der Waals surface area contributed by atoms with Gasteiger partial charge >= 0.3 is 0 Å². The molecule has 166 valence electrons. The van der Waals surface area contributed by atoms with E-state index in [0.717, 1.165) is 18.6 Å². The monoisotopic (exact) mass is 487 g/mol. The third-order valence-corrected chi connectivity index (χ3v) is 9.06. The molecule has 8 heteroatoms. The van der Waals surface area contributed by atoms with Gasteiger partial charge < -0.3 is 4.42 Å². The summed E-state index contributed by atoms with van der Waals surface area (Å²) in [4.78, 5) is 12.9. The van der Waals surface area contributed by atoms with Crippen LogP contribution in [0.5, 0.6) is 0 Å². The lowest BCUT2D eigenvalue weighted by atomic mass is 9.70.